The van der Waals surface area contributed by atoms with Gasteiger partial charge in [-0.1, -0.05) is 4.49 Å². The molecule has 3 nitrogen and oxygen atoms in total. The Morgan fingerprint density at radius 1 is 1.45 bits per heavy atom. The van der Waals surface area contributed by atoms with Gasteiger partial charge in [0.05, 0.1) is 11.8 Å². The minimum atomic E-state index is 0.824. The van der Waals surface area contributed by atoms with Gasteiger partial charge in [-0.2, -0.15) is 0 Å². The van der Waals surface area contributed by atoms with Crippen molar-refractivity contribution >= 4 is 21.7 Å². The molecule has 0 N–H and O–H groups in total. The third-order valence-corrected chi connectivity index (χ3v) is 2.16. The summed E-state index contributed by atoms with van der Waals surface area (Å²) >= 11 is 1.39. The average Bonchev–Trinajstić information content (AvgIpc) is 2.50. The van der Waals surface area contributed by atoms with Gasteiger partial charge in [0, 0.05) is 6.07 Å². The smallest absolute Gasteiger partial charge is 0.121 e. The summed E-state index contributed by atoms with van der Waals surface area (Å²) in [4.78, 5) is 0. The number of fused-ring (bicyclic) bond motifs is 1. The number of nitrogens with zero attached hydrogens (tertiary/aromatic N) is 2. The van der Waals surface area contributed by atoms with Crippen LogP contribution < -0.4 is 4.74 Å². The van der Waals surface area contributed by atoms with Crippen LogP contribution in [0.1, 0.15) is 0 Å². The third-order valence-electron chi connectivity index (χ3n) is 1.45. The van der Waals surface area contributed by atoms with Crippen molar-refractivity contribution in [2.24, 2.45) is 0 Å². The maximum Gasteiger partial charge on any atom is 0.121 e. The van der Waals surface area contributed by atoms with Gasteiger partial charge in [-0.3, -0.25) is 0 Å². The molecule has 0 atom stereocenters. The SMILES string of the molecule is COc1ccc2snnc2c1. The van der Waals surface area contributed by atoms with E-state index in [1.807, 2.05) is 18.2 Å². The first-order chi connectivity index (χ1) is 5.40. The van der Waals surface area contributed by atoms with E-state index in [0.717, 1.165) is 16.0 Å². The van der Waals surface area contributed by atoms with E-state index in [9.17, 15) is 0 Å². The molecule has 2 aromatic rings. The van der Waals surface area contributed by atoms with Gasteiger partial charge in [-0.15, -0.1) is 5.10 Å². The van der Waals surface area contributed by atoms with Crippen LogP contribution in [-0.4, -0.2) is 16.7 Å². The first-order valence-electron chi connectivity index (χ1n) is 3.16. The maximum absolute atomic E-state index is 5.03. The molecule has 1 heterocycles. The molecule has 0 fully saturated rings. The summed E-state index contributed by atoms with van der Waals surface area (Å²) in [6.07, 6.45) is 0. The molecule has 0 saturated carbocycles. The largest absolute Gasteiger partial charge is 0.497 e. The molecule has 4 heteroatoms. The van der Waals surface area contributed by atoms with E-state index in [-0.39, 0.29) is 0 Å². The summed E-state index contributed by atoms with van der Waals surface area (Å²) in [7, 11) is 1.64. The zero-order valence-electron chi connectivity index (χ0n) is 5.94. The van der Waals surface area contributed by atoms with Crippen LogP contribution in [0.2, 0.25) is 0 Å². The Labute approximate surface area is 67.8 Å². The van der Waals surface area contributed by atoms with E-state index in [1.54, 1.807) is 7.11 Å². The van der Waals surface area contributed by atoms with Crippen LogP contribution in [-0.2, 0) is 0 Å². The molecule has 0 amide bonds. The molecule has 0 unspecified atom stereocenters. The predicted octanol–water partition coefficient (Wildman–Crippen LogP) is 1.70. The van der Waals surface area contributed by atoms with Gasteiger partial charge in [0.25, 0.3) is 0 Å². The van der Waals surface area contributed by atoms with E-state index < -0.39 is 0 Å². The molecule has 2 rings (SSSR count). The van der Waals surface area contributed by atoms with Crippen LogP contribution in [0.5, 0.6) is 5.75 Å². The van der Waals surface area contributed by atoms with Crippen molar-refractivity contribution < 1.29 is 4.74 Å². The number of benzene rings is 1. The second kappa shape index (κ2) is 2.47. The van der Waals surface area contributed by atoms with Crippen molar-refractivity contribution in [2.45, 2.75) is 0 Å². The summed E-state index contributed by atoms with van der Waals surface area (Å²) in [5, 5.41) is 3.92. The van der Waals surface area contributed by atoms with Crippen LogP contribution in [0.25, 0.3) is 10.2 Å². The van der Waals surface area contributed by atoms with Crippen molar-refractivity contribution in [1.29, 1.82) is 0 Å². The number of hydrogen-bond donors (Lipinski definition) is 0. The van der Waals surface area contributed by atoms with Crippen molar-refractivity contribution in [3.8, 4) is 5.75 Å². The molecular weight excluding hydrogens is 160 g/mol. The Morgan fingerprint density at radius 3 is 3.18 bits per heavy atom. The molecule has 0 radical (unpaired) electrons. The number of aromatic nitrogens is 2. The fourth-order valence-corrected chi connectivity index (χ4v) is 1.43. The highest BCUT2D eigenvalue weighted by Gasteiger charge is 1.98. The summed E-state index contributed by atoms with van der Waals surface area (Å²) in [6.45, 7) is 0. The van der Waals surface area contributed by atoms with E-state index in [4.69, 9.17) is 4.74 Å². The average molecular weight is 166 g/mol. The predicted molar refractivity (Wildman–Crippen MR) is 44.0 cm³/mol. The number of ether oxygens (including phenoxy) is 1. The first-order valence-corrected chi connectivity index (χ1v) is 3.93. The normalized spacial score (nSPS) is 10.3. The summed E-state index contributed by atoms with van der Waals surface area (Å²) in [6, 6.07) is 5.74. The molecule has 1 aromatic carbocycles. The summed E-state index contributed by atoms with van der Waals surface area (Å²) < 4.78 is 9.93. The van der Waals surface area contributed by atoms with Crippen molar-refractivity contribution in [1.82, 2.24) is 9.59 Å². The Bertz CT molecular complexity index is 371. The fourth-order valence-electron chi connectivity index (χ4n) is 0.888. The van der Waals surface area contributed by atoms with Gasteiger partial charge in [-0.25, -0.2) is 0 Å². The number of methoxy groups -OCH3 is 1. The van der Waals surface area contributed by atoms with Gasteiger partial charge in [0.2, 0.25) is 0 Å². The monoisotopic (exact) mass is 166 g/mol. The molecule has 0 aliphatic rings. The topological polar surface area (TPSA) is 35.0 Å². The standard InChI is InChI=1S/C7H6N2OS/c1-10-5-2-3-7-6(4-5)8-9-11-7/h2-4H,1H3. The zero-order chi connectivity index (χ0) is 7.68. The lowest BCUT2D eigenvalue weighted by Gasteiger charge is -1.95. The molecule has 1 aromatic heterocycles. The Kier molecular flexibility index (Phi) is 1.47. The molecular formula is C7H6N2OS. The Balaban J connectivity index is 2.67. The molecule has 0 aliphatic carbocycles. The van der Waals surface area contributed by atoms with Gasteiger partial charge >= 0.3 is 0 Å². The van der Waals surface area contributed by atoms with E-state index >= 15 is 0 Å². The van der Waals surface area contributed by atoms with Crippen LogP contribution in [0.3, 0.4) is 0 Å². The summed E-state index contributed by atoms with van der Waals surface area (Å²) in [5.41, 5.74) is 0.898. The number of rotatable bonds is 1. The van der Waals surface area contributed by atoms with E-state index in [2.05, 4.69) is 9.59 Å². The molecule has 0 aliphatic heterocycles. The van der Waals surface area contributed by atoms with Gasteiger partial charge in [0.1, 0.15) is 11.3 Å². The van der Waals surface area contributed by atoms with Gasteiger partial charge in [0.15, 0.2) is 0 Å². The quantitative estimate of drug-likeness (QED) is 0.646. The molecule has 0 bridgehead atoms. The van der Waals surface area contributed by atoms with Crippen molar-refractivity contribution in [3.63, 3.8) is 0 Å². The van der Waals surface area contributed by atoms with Crippen molar-refractivity contribution in [2.75, 3.05) is 7.11 Å². The van der Waals surface area contributed by atoms with Crippen LogP contribution in [0, 0.1) is 0 Å². The maximum atomic E-state index is 5.03. The minimum absolute atomic E-state index is 0.824. The van der Waals surface area contributed by atoms with Crippen LogP contribution >= 0.6 is 11.5 Å². The molecule has 56 valence electrons. The molecule has 11 heavy (non-hydrogen) atoms. The Hall–Kier alpha value is -1.16. The van der Waals surface area contributed by atoms with Gasteiger partial charge in [-0.05, 0) is 23.7 Å². The number of hydrogen-bond acceptors (Lipinski definition) is 4. The third kappa shape index (κ3) is 1.05. The molecule has 0 spiro atoms. The van der Waals surface area contributed by atoms with Crippen LogP contribution in [0.4, 0.5) is 0 Å². The van der Waals surface area contributed by atoms with E-state index in [0.29, 0.717) is 0 Å². The van der Waals surface area contributed by atoms with Crippen molar-refractivity contribution in [3.05, 3.63) is 18.2 Å². The highest BCUT2D eigenvalue weighted by molar-refractivity contribution is 7.12. The minimum Gasteiger partial charge on any atom is -0.497 e. The Morgan fingerprint density at radius 2 is 2.36 bits per heavy atom. The highest BCUT2D eigenvalue weighted by atomic mass is 32.1. The lowest BCUT2D eigenvalue weighted by atomic mass is 10.3. The lowest BCUT2D eigenvalue weighted by Crippen LogP contribution is -1.80. The first kappa shape index (κ1) is 6.54. The van der Waals surface area contributed by atoms with Crippen LogP contribution in [0.15, 0.2) is 18.2 Å². The molecule has 0 saturated heterocycles. The van der Waals surface area contributed by atoms with Gasteiger partial charge < -0.3 is 4.74 Å². The lowest BCUT2D eigenvalue weighted by molar-refractivity contribution is 0.415. The second-order valence-corrected chi connectivity index (χ2v) is 2.89. The highest BCUT2D eigenvalue weighted by Crippen LogP contribution is 2.20. The summed E-state index contributed by atoms with van der Waals surface area (Å²) in [5.74, 6) is 0.824. The fraction of sp³-hybridized carbons (Fsp3) is 0.143. The van der Waals surface area contributed by atoms with E-state index in [1.165, 1.54) is 11.5 Å². The second-order valence-electron chi connectivity index (χ2n) is 2.11. The zero-order valence-corrected chi connectivity index (χ0v) is 6.76.